The van der Waals surface area contributed by atoms with Crippen LogP contribution in [0.15, 0.2) is 48.9 Å². The summed E-state index contributed by atoms with van der Waals surface area (Å²) in [7, 11) is 0. The van der Waals surface area contributed by atoms with Crippen molar-refractivity contribution in [2.45, 2.75) is 26.7 Å². The van der Waals surface area contributed by atoms with Crippen molar-refractivity contribution in [1.82, 2.24) is 19.7 Å². The third-order valence-corrected chi connectivity index (χ3v) is 3.62. The normalized spacial score (nSPS) is 10.8. The molecule has 6 heteroatoms. The van der Waals surface area contributed by atoms with Crippen molar-refractivity contribution in [3.8, 4) is 5.82 Å². The Balaban J connectivity index is 1.96. The first kappa shape index (κ1) is 15.9. The second-order valence-electron chi connectivity index (χ2n) is 5.87. The van der Waals surface area contributed by atoms with Crippen LogP contribution >= 0.6 is 0 Å². The van der Waals surface area contributed by atoms with Crippen LogP contribution in [-0.2, 0) is 0 Å². The van der Waals surface area contributed by atoms with Crippen LogP contribution in [0.4, 0.5) is 5.82 Å². The molecule has 6 nitrogen and oxygen atoms in total. The lowest BCUT2D eigenvalue weighted by Crippen LogP contribution is -2.16. The van der Waals surface area contributed by atoms with E-state index >= 15 is 0 Å². The van der Waals surface area contributed by atoms with Crippen LogP contribution in [0.25, 0.3) is 5.82 Å². The number of amides is 1. The molecule has 3 aromatic heterocycles. The highest BCUT2D eigenvalue weighted by Crippen LogP contribution is 2.23. The number of rotatable bonds is 4. The van der Waals surface area contributed by atoms with Crippen molar-refractivity contribution in [2.75, 3.05) is 5.32 Å². The van der Waals surface area contributed by atoms with Crippen LogP contribution in [0.1, 0.15) is 41.4 Å². The summed E-state index contributed by atoms with van der Waals surface area (Å²) in [6.45, 7) is 6.01. The SMILES string of the molecule is Cc1ccnc(NC(=O)c2cnn(-c3ccccn3)c2C(C)C)c1. The zero-order valence-electron chi connectivity index (χ0n) is 13.9. The minimum Gasteiger partial charge on any atom is -0.306 e. The Morgan fingerprint density at radius 1 is 1.17 bits per heavy atom. The van der Waals surface area contributed by atoms with Crippen molar-refractivity contribution in [3.05, 3.63) is 65.7 Å². The smallest absolute Gasteiger partial charge is 0.260 e. The zero-order chi connectivity index (χ0) is 17.1. The van der Waals surface area contributed by atoms with Crippen LogP contribution in [0.3, 0.4) is 0 Å². The predicted octanol–water partition coefficient (Wildman–Crippen LogP) is 3.35. The average molecular weight is 321 g/mol. The van der Waals surface area contributed by atoms with Gasteiger partial charge in [-0.1, -0.05) is 19.9 Å². The summed E-state index contributed by atoms with van der Waals surface area (Å²) in [6.07, 6.45) is 4.96. The van der Waals surface area contributed by atoms with Gasteiger partial charge < -0.3 is 5.32 Å². The Morgan fingerprint density at radius 2 is 2.00 bits per heavy atom. The molecule has 0 fully saturated rings. The fourth-order valence-electron chi connectivity index (χ4n) is 2.54. The van der Waals surface area contributed by atoms with Crippen molar-refractivity contribution in [3.63, 3.8) is 0 Å². The van der Waals surface area contributed by atoms with Gasteiger partial charge in [0, 0.05) is 12.4 Å². The first-order valence-electron chi connectivity index (χ1n) is 7.79. The van der Waals surface area contributed by atoms with E-state index < -0.39 is 0 Å². The molecule has 0 saturated heterocycles. The first-order chi connectivity index (χ1) is 11.6. The van der Waals surface area contributed by atoms with Gasteiger partial charge in [-0.3, -0.25) is 4.79 Å². The summed E-state index contributed by atoms with van der Waals surface area (Å²) in [5.41, 5.74) is 2.38. The maximum atomic E-state index is 12.7. The van der Waals surface area contributed by atoms with Gasteiger partial charge in [0.15, 0.2) is 5.82 Å². The third-order valence-electron chi connectivity index (χ3n) is 3.62. The minimum atomic E-state index is -0.223. The van der Waals surface area contributed by atoms with Gasteiger partial charge in [0.05, 0.1) is 17.5 Å². The van der Waals surface area contributed by atoms with Crippen LogP contribution in [0, 0.1) is 6.92 Å². The van der Waals surface area contributed by atoms with E-state index in [0.29, 0.717) is 17.2 Å². The van der Waals surface area contributed by atoms with Gasteiger partial charge in [-0.2, -0.15) is 5.10 Å². The lowest BCUT2D eigenvalue weighted by atomic mass is 10.1. The van der Waals surface area contributed by atoms with Crippen molar-refractivity contribution >= 4 is 11.7 Å². The van der Waals surface area contributed by atoms with E-state index in [1.807, 2.05) is 51.1 Å². The molecule has 0 unspecified atom stereocenters. The fourth-order valence-corrected chi connectivity index (χ4v) is 2.54. The Labute approximate surface area is 140 Å². The van der Waals surface area contributed by atoms with Crippen LogP contribution < -0.4 is 5.32 Å². The number of carbonyl (C=O) groups excluding carboxylic acids is 1. The molecule has 0 atom stereocenters. The Kier molecular flexibility index (Phi) is 4.37. The van der Waals surface area contributed by atoms with E-state index in [4.69, 9.17) is 0 Å². The number of aryl methyl sites for hydroxylation is 1. The highest BCUT2D eigenvalue weighted by molar-refractivity contribution is 6.04. The Hall–Kier alpha value is -3.02. The van der Waals surface area contributed by atoms with Gasteiger partial charge >= 0.3 is 0 Å². The van der Waals surface area contributed by atoms with Crippen molar-refractivity contribution in [2.24, 2.45) is 0 Å². The molecule has 24 heavy (non-hydrogen) atoms. The first-order valence-corrected chi connectivity index (χ1v) is 7.79. The number of anilines is 1. The van der Waals surface area contributed by atoms with E-state index in [-0.39, 0.29) is 11.8 Å². The quantitative estimate of drug-likeness (QED) is 0.800. The molecule has 1 amide bonds. The van der Waals surface area contributed by atoms with Gasteiger partial charge in [-0.15, -0.1) is 0 Å². The second kappa shape index (κ2) is 6.62. The molecule has 0 radical (unpaired) electrons. The van der Waals surface area contributed by atoms with Gasteiger partial charge in [0.2, 0.25) is 0 Å². The Morgan fingerprint density at radius 3 is 2.67 bits per heavy atom. The molecule has 0 aromatic carbocycles. The van der Waals surface area contributed by atoms with E-state index in [2.05, 4.69) is 20.4 Å². The highest BCUT2D eigenvalue weighted by atomic mass is 16.1. The van der Waals surface area contributed by atoms with Gasteiger partial charge in [-0.25, -0.2) is 14.6 Å². The average Bonchev–Trinajstić information content (AvgIpc) is 3.01. The van der Waals surface area contributed by atoms with Gasteiger partial charge in [-0.05, 0) is 42.7 Å². The maximum absolute atomic E-state index is 12.7. The topological polar surface area (TPSA) is 72.7 Å². The number of aromatic nitrogens is 4. The zero-order valence-corrected chi connectivity index (χ0v) is 13.9. The van der Waals surface area contributed by atoms with E-state index in [0.717, 1.165) is 11.3 Å². The van der Waals surface area contributed by atoms with Gasteiger partial charge in [0.1, 0.15) is 5.82 Å². The highest BCUT2D eigenvalue weighted by Gasteiger charge is 2.21. The molecule has 3 aromatic rings. The van der Waals surface area contributed by atoms with Crippen LogP contribution in [0.2, 0.25) is 0 Å². The summed E-state index contributed by atoms with van der Waals surface area (Å²) in [6, 6.07) is 9.32. The maximum Gasteiger partial charge on any atom is 0.260 e. The molecule has 0 saturated carbocycles. The number of nitrogens with zero attached hydrogens (tertiary/aromatic N) is 4. The molecular weight excluding hydrogens is 302 g/mol. The molecular formula is C18H19N5O. The minimum absolute atomic E-state index is 0.112. The summed E-state index contributed by atoms with van der Waals surface area (Å²) in [4.78, 5) is 21.2. The van der Waals surface area contributed by atoms with E-state index in [9.17, 15) is 4.79 Å². The number of hydrogen-bond acceptors (Lipinski definition) is 4. The molecule has 0 spiro atoms. The molecule has 3 heterocycles. The third kappa shape index (κ3) is 3.17. The van der Waals surface area contributed by atoms with E-state index in [1.54, 1.807) is 23.3 Å². The standard InChI is InChI=1S/C18H19N5O/c1-12(2)17-14(11-21-23(17)16-6-4-5-8-20-16)18(24)22-15-10-13(3)7-9-19-15/h4-12H,1-3H3,(H,19,22,24). The summed E-state index contributed by atoms with van der Waals surface area (Å²) in [5.74, 6) is 1.11. The molecule has 0 aliphatic carbocycles. The second-order valence-corrected chi connectivity index (χ2v) is 5.87. The lowest BCUT2D eigenvalue weighted by molar-refractivity contribution is 0.102. The monoisotopic (exact) mass is 321 g/mol. The number of carbonyl (C=O) groups is 1. The largest absolute Gasteiger partial charge is 0.306 e. The lowest BCUT2D eigenvalue weighted by Gasteiger charge is -2.12. The van der Waals surface area contributed by atoms with Crippen LogP contribution in [-0.4, -0.2) is 25.7 Å². The number of nitrogens with one attached hydrogen (secondary N) is 1. The summed E-state index contributed by atoms with van der Waals surface area (Å²) >= 11 is 0. The molecule has 3 rings (SSSR count). The summed E-state index contributed by atoms with van der Waals surface area (Å²) < 4.78 is 1.71. The molecule has 122 valence electrons. The van der Waals surface area contributed by atoms with Gasteiger partial charge in [0.25, 0.3) is 5.91 Å². The fraction of sp³-hybridized carbons (Fsp3) is 0.222. The molecule has 0 bridgehead atoms. The number of hydrogen-bond donors (Lipinski definition) is 1. The summed E-state index contributed by atoms with van der Waals surface area (Å²) in [5, 5.41) is 7.20. The number of pyridine rings is 2. The molecule has 0 aliphatic heterocycles. The van der Waals surface area contributed by atoms with Crippen molar-refractivity contribution < 1.29 is 4.79 Å². The molecule has 0 aliphatic rings. The van der Waals surface area contributed by atoms with Crippen molar-refractivity contribution in [1.29, 1.82) is 0 Å². The Bertz CT molecular complexity index is 855. The van der Waals surface area contributed by atoms with Crippen LogP contribution in [0.5, 0.6) is 0 Å². The van der Waals surface area contributed by atoms with E-state index in [1.165, 1.54) is 0 Å². The predicted molar refractivity (Wildman–Crippen MR) is 92.4 cm³/mol. The molecule has 1 N–H and O–H groups in total.